The van der Waals surface area contributed by atoms with Gasteiger partial charge in [-0.2, -0.15) is 0 Å². The van der Waals surface area contributed by atoms with E-state index in [-0.39, 0.29) is 5.41 Å². The van der Waals surface area contributed by atoms with E-state index in [0.29, 0.717) is 11.8 Å². The second-order valence-electron chi connectivity index (χ2n) is 26.2. The van der Waals surface area contributed by atoms with E-state index in [1.807, 2.05) is 0 Å². The van der Waals surface area contributed by atoms with Crippen LogP contribution in [0.3, 0.4) is 0 Å². The maximum Gasteiger partial charge on any atom is 0.226 e. The van der Waals surface area contributed by atoms with E-state index in [9.17, 15) is 4.79 Å². The molecule has 3 aliphatic carbocycles. The minimum absolute atomic E-state index is 0.288. The molecule has 422 valence electrons. The molecule has 2 heterocycles. The summed E-state index contributed by atoms with van der Waals surface area (Å²) in [5.74, 6) is 0.860. The normalized spacial score (nSPS) is 28.9. The lowest BCUT2D eigenvalue weighted by Crippen LogP contribution is -2.54. The number of hydrogen-bond donors (Lipinski definition) is 0. The van der Waals surface area contributed by atoms with E-state index in [4.69, 9.17) is 0 Å². The molecular formula is C68H129N3O. The van der Waals surface area contributed by atoms with Gasteiger partial charge in [-0.15, -0.1) is 0 Å². The van der Waals surface area contributed by atoms with Gasteiger partial charge in [-0.05, 0) is 69.9 Å². The van der Waals surface area contributed by atoms with Crippen LogP contribution in [0.1, 0.15) is 366 Å². The van der Waals surface area contributed by atoms with Gasteiger partial charge in [-0.3, -0.25) is 9.69 Å². The van der Waals surface area contributed by atoms with Crippen molar-refractivity contribution in [3.05, 3.63) is 0 Å². The highest BCUT2D eigenvalue weighted by Gasteiger charge is 2.58. The summed E-state index contributed by atoms with van der Waals surface area (Å²) >= 11 is 0. The SMILES string of the molecule is O=C(C1CC12CCCCCCCCCCCCCCCCCCCCCCCCCCCCCCCCCCCCCCCCCCCCCCCCN(C1CCCCC1)CC2)N1CCN(C2CCC2)CC1. The summed E-state index contributed by atoms with van der Waals surface area (Å²) in [4.78, 5) is 22.3. The lowest BCUT2D eigenvalue weighted by Gasteiger charge is -2.43. The van der Waals surface area contributed by atoms with Crippen LogP contribution in [0, 0.1) is 11.3 Å². The molecule has 1 amide bonds. The Morgan fingerprint density at radius 1 is 0.250 bits per heavy atom. The summed E-state index contributed by atoms with van der Waals surface area (Å²) in [6, 6.07) is 1.62. The number of amides is 1. The molecule has 4 nitrogen and oxygen atoms in total. The Balaban J connectivity index is 0.976. The molecule has 2 atom stereocenters. The Hall–Kier alpha value is -0.610. The van der Waals surface area contributed by atoms with Crippen LogP contribution in [0.2, 0.25) is 0 Å². The van der Waals surface area contributed by atoms with E-state index in [2.05, 4.69) is 14.7 Å². The topological polar surface area (TPSA) is 26.8 Å². The molecule has 3 saturated carbocycles. The first kappa shape index (κ1) is 62.2. The van der Waals surface area contributed by atoms with Crippen molar-refractivity contribution in [1.82, 2.24) is 14.7 Å². The third-order valence-electron chi connectivity index (χ3n) is 20.1. The van der Waals surface area contributed by atoms with E-state index in [1.165, 1.54) is 379 Å². The van der Waals surface area contributed by atoms with Crippen molar-refractivity contribution in [2.75, 3.05) is 39.3 Å². The Morgan fingerprint density at radius 2 is 0.514 bits per heavy atom. The van der Waals surface area contributed by atoms with Crippen molar-refractivity contribution in [3.8, 4) is 0 Å². The zero-order valence-electron chi connectivity index (χ0n) is 49.0. The molecule has 2 unspecified atom stereocenters. The molecule has 0 aromatic heterocycles. The van der Waals surface area contributed by atoms with Crippen LogP contribution < -0.4 is 0 Å². The van der Waals surface area contributed by atoms with E-state index < -0.39 is 0 Å². The maximum atomic E-state index is 14.3. The van der Waals surface area contributed by atoms with Crippen molar-refractivity contribution in [3.63, 3.8) is 0 Å². The van der Waals surface area contributed by atoms with Gasteiger partial charge in [0.2, 0.25) is 5.91 Å². The van der Waals surface area contributed by atoms with Gasteiger partial charge in [0, 0.05) is 44.2 Å². The highest BCUT2D eigenvalue weighted by atomic mass is 16.2. The summed E-state index contributed by atoms with van der Waals surface area (Å²) in [6.07, 6.45) is 82.6. The van der Waals surface area contributed by atoms with Crippen molar-refractivity contribution >= 4 is 5.91 Å². The first-order valence-electron chi connectivity index (χ1n) is 34.5. The van der Waals surface area contributed by atoms with Crippen molar-refractivity contribution in [1.29, 1.82) is 0 Å². The molecule has 0 aromatic rings. The van der Waals surface area contributed by atoms with Crippen LogP contribution in [-0.2, 0) is 4.79 Å². The molecule has 0 aromatic carbocycles. The summed E-state index contributed by atoms with van der Waals surface area (Å²) in [6.45, 7) is 6.76. The van der Waals surface area contributed by atoms with Gasteiger partial charge in [-0.25, -0.2) is 0 Å². The average molecular weight is 1000 g/mol. The molecule has 72 heavy (non-hydrogen) atoms. The third kappa shape index (κ3) is 28.7. The van der Waals surface area contributed by atoms with E-state index in [1.54, 1.807) is 0 Å². The second kappa shape index (κ2) is 42.4. The monoisotopic (exact) mass is 1000 g/mol. The van der Waals surface area contributed by atoms with Crippen LogP contribution in [0.4, 0.5) is 0 Å². The summed E-state index contributed by atoms with van der Waals surface area (Å²) in [5.41, 5.74) is 0.288. The van der Waals surface area contributed by atoms with Crippen LogP contribution in [0.25, 0.3) is 0 Å². The maximum absolute atomic E-state index is 14.3. The number of carbonyl (C=O) groups is 1. The minimum atomic E-state index is 0.288. The number of piperazine rings is 1. The Kier molecular flexibility index (Phi) is 36.7. The van der Waals surface area contributed by atoms with Crippen LogP contribution >= 0.6 is 0 Å². The Morgan fingerprint density at radius 3 is 0.819 bits per heavy atom. The van der Waals surface area contributed by atoms with Crippen LogP contribution in [0.15, 0.2) is 0 Å². The first-order chi connectivity index (χ1) is 35.8. The van der Waals surface area contributed by atoms with E-state index >= 15 is 0 Å². The zero-order chi connectivity index (χ0) is 50.1. The lowest BCUT2D eigenvalue weighted by atomic mass is 9.89. The number of rotatable bonds is 3. The molecule has 0 bridgehead atoms. The van der Waals surface area contributed by atoms with E-state index in [0.717, 1.165) is 38.3 Å². The molecule has 5 rings (SSSR count). The molecular weight excluding hydrogens is 875 g/mol. The molecule has 0 radical (unpaired) electrons. The highest BCUT2D eigenvalue weighted by molar-refractivity contribution is 5.82. The molecule has 2 saturated heterocycles. The molecule has 0 N–H and O–H groups in total. The van der Waals surface area contributed by atoms with Gasteiger partial charge in [-0.1, -0.05) is 315 Å². The van der Waals surface area contributed by atoms with Gasteiger partial charge < -0.3 is 9.80 Å². The number of nitrogens with zero attached hydrogens (tertiary/aromatic N) is 3. The smallest absolute Gasteiger partial charge is 0.226 e. The van der Waals surface area contributed by atoms with Gasteiger partial charge >= 0.3 is 0 Å². The zero-order valence-corrected chi connectivity index (χ0v) is 49.0. The first-order valence-corrected chi connectivity index (χ1v) is 34.5. The van der Waals surface area contributed by atoms with Crippen molar-refractivity contribution in [2.24, 2.45) is 11.3 Å². The third-order valence-corrected chi connectivity index (χ3v) is 20.1. The summed E-state index contributed by atoms with van der Waals surface area (Å²) in [7, 11) is 0. The summed E-state index contributed by atoms with van der Waals surface area (Å²) < 4.78 is 0. The predicted octanol–water partition coefficient (Wildman–Crippen LogP) is 21.1. The fourth-order valence-corrected chi connectivity index (χ4v) is 14.5. The van der Waals surface area contributed by atoms with Crippen molar-refractivity contribution in [2.45, 2.75) is 378 Å². The number of hydrogen-bond acceptors (Lipinski definition) is 3. The largest absolute Gasteiger partial charge is 0.340 e. The van der Waals surface area contributed by atoms with Gasteiger partial charge in [0.25, 0.3) is 0 Å². The molecule has 2 aliphatic heterocycles. The average Bonchev–Trinajstić information content (AvgIpc) is 4.11. The quantitative estimate of drug-likeness (QED) is 0.282. The molecule has 5 aliphatic rings. The summed E-state index contributed by atoms with van der Waals surface area (Å²) in [5, 5.41) is 0. The Bertz CT molecular complexity index is 1220. The van der Waals surface area contributed by atoms with Gasteiger partial charge in [0.15, 0.2) is 0 Å². The number of carbonyl (C=O) groups excluding carboxylic acids is 1. The highest BCUT2D eigenvalue weighted by Crippen LogP contribution is 2.59. The fraction of sp³-hybridized carbons (Fsp3) is 0.985. The van der Waals surface area contributed by atoms with Crippen LogP contribution in [0.5, 0.6) is 0 Å². The molecule has 4 heteroatoms. The van der Waals surface area contributed by atoms with Gasteiger partial charge in [0.05, 0.1) is 0 Å². The molecule has 1 spiro atoms. The second-order valence-corrected chi connectivity index (χ2v) is 26.2. The predicted molar refractivity (Wildman–Crippen MR) is 316 cm³/mol. The van der Waals surface area contributed by atoms with Crippen molar-refractivity contribution < 1.29 is 4.79 Å². The fourth-order valence-electron chi connectivity index (χ4n) is 14.5. The van der Waals surface area contributed by atoms with Gasteiger partial charge in [0.1, 0.15) is 0 Å². The Labute approximate surface area is 452 Å². The standard InChI is InChI=1S/C68H129N3O/c72-67(71-61-59-70(60-62-71)65-53-50-54-65)66-63-68(66)55-48-43-41-39-37-35-33-31-29-27-25-23-21-19-17-15-13-11-9-7-5-3-1-2-4-6-8-10-12-14-16-18-20-22-24-26-28-30-32-34-36-38-40-42-44-49-57-69(58-56-68)64-51-46-45-47-52-64/h64-66H,1-63H2. The molecule has 5 fully saturated rings. The van der Waals surface area contributed by atoms with Crippen LogP contribution in [-0.4, -0.2) is 72.0 Å². The minimum Gasteiger partial charge on any atom is -0.340 e. The lowest BCUT2D eigenvalue weighted by molar-refractivity contribution is -0.136.